The summed E-state index contributed by atoms with van der Waals surface area (Å²) in [6.45, 7) is 2.41. The summed E-state index contributed by atoms with van der Waals surface area (Å²) >= 11 is 0. The van der Waals surface area contributed by atoms with Gasteiger partial charge in [0.25, 0.3) is 0 Å². The molecule has 0 aromatic carbocycles. The molecule has 18 heavy (non-hydrogen) atoms. The molecule has 0 aliphatic rings. The zero-order chi connectivity index (χ0) is 13.4. The second-order valence-electron chi connectivity index (χ2n) is 4.04. The molecule has 1 N–H and O–H groups in total. The van der Waals surface area contributed by atoms with Gasteiger partial charge in [-0.2, -0.15) is 4.31 Å². The van der Waals surface area contributed by atoms with Crippen molar-refractivity contribution in [2.24, 2.45) is 0 Å². The largest absolute Gasteiger partial charge is 0.395 e. The van der Waals surface area contributed by atoms with E-state index in [9.17, 15) is 8.42 Å². The summed E-state index contributed by atoms with van der Waals surface area (Å²) in [6.07, 6.45) is 4.52. The second-order valence-corrected chi connectivity index (χ2v) is 6.13. The van der Waals surface area contributed by atoms with Crippen LogP contribution in [0.2, 0.25) is 0 Å². The van der Waals surface area contributed by atoms with E-state index in [0.29, 0.717) is 13.0 Å². The Hall–Kier alpha value is -0.980. The van der Waals surface area contributed by atoms with E-state index in [2.05, 4.69) is 4.98 Å². The number of rotatable bonds is 8. The van der Waals surface area contributed by atoms with Gasteiger partial charge in [-0.05, 0) is 30.5 Å². The molecule has 6 heteroatoms. The lowest BCUT2D eigenvalue weighted by atomic mass is 10.2. The number of aromatic nitrogens is 1. The molecule has 0 spiro atoms. The maximum absolute atomic E-state index is 12.1. The van der Waals surface area contributed by atoms with Gasteiger partial charge in [-0.25, -0.2) is 8.42 Å². The van der Waals surface area contributed by atoms with Crippen molar-refractivity contribution in [3.63, 3.8) is 0 Å². The molecule has 102 valence electrons. The van der Waals surface area contributed by atoms with Crippen LogP contribution in [-0.4, -0.2) is 48.3 Å². The molecule has 0 aliphatic carbocycles. The SMILES string of the molecule is CCCN(CCO)S(=O)(=O)CCc1ccncc1. The fourth-order valence-electron chi connectivity index (χ4n) is 1.68. The summed E-state index contributed by atoms with van der Waals surface area (Å²) in [7, 11) is -3.29. The number of hydrogen-bond donors (Lipinski definition) is 1. The van der Waals surface area contributed by atoms with Crippen molar-refractivity contribution in [3.8, 4) is 0 Å². The predicted octanol–water partition coefficient (Wildman–Crippen LogP) is 0.658. The van der Waals surface area contributed by atoms with Crippen molar-refractivity contribution in [3.05, 3.63) is 30.1 Å². The molecule has 0 aliphatic heterocycles. The monoisotopic (exact) mass is 272 g/mol. The lowest BCUT2D eigenvalue weighted by Crippen LogP contribution is -2.36. The zero-order valence-electron chi connectivity index (χ0n) is 10.6. The van der Waals surface area contributed by atoms with Crippen molar-refractivity contribution in [2.75, 3.05) is 25.4 Å². The molecule has 1 rings (SSSR count). The van der Waals surface area contributed by atoms with Crippen LogP contribution in [0.1, 0.15) is 18.9 Å². The van der Waals surface area contributed by atoms with Crippen LogP contribution in [-0.2, 0) is 16.4 Å². The molecule has 5 nitrogen and oxygen atoms in total. The van der Waals surface area contributed by atoms with Crippen molar-refractivity contribution in [1.29, 1.82) is 0 Å². The zero-order valence-corrected chi connectivity index (χ0v) is 11.4. The van der Waals surface area contributed by atoms with Crippen molar-refractivity contribution in [2.45, 2.75) is 19.8 Å². The average Bonchev–Trinajstić information content (AvgIpc) is 2.37. The highest BCUT2D eigenvalue weighted by atomic mass is 32.2. The summed E-state index contributed by atoms with van der Waals surface area (Å²) in [6, 6.07) is 3.62. The average molecular weight is 272 g/mol. The van der Waals surface area contributed by atoms with Crippen LogP contribution in [0.5, 0.6) is 0 Å². The first kappa shape index (κ1) is 15.1. The van der Waals surface area contributed by atoms with Crippen LogP contribution in [0.15, 0.2) is 24.5 Å². The van der Waals surface area contributed by atoms with E-state index >= 15 is 0 Å². The Morgan fingerprint density at radius 3 is 2.50 bits per heavy atom. The van der Waals surface area contributed by atoms with Gasteiger partial charge in [-0.3, -0.25) is 4.98 Å². The normalized spacial score (nSPS) is 11.9. The number of pyridine rings is 1. The van der Waals surface area contributed by atoms with Gasteiger partial charge in [0, 0.05) is 25.5 Å². The van der Waals surface area contributed by atoms with Gasteiger partial charge in [-0.15, -0.1) is 0 Å². The minimum atomic E-state index is -3.29. The fourth-order valence-corrected chi connectivity index (χ4v) is 3.25. The van der Waals surface area contributed by atoms with E-state index in [1.54, 1.807) is 12.4 Å². The van der Waals surface area contributed by atoms with E-state index in [0.717, 1.165) is 12.0 Å². The Balaban J connectivity index is 2.62. The maximum atomic E-state index is 12.1. The predicted molar refractivity (Wildman–Crippen MR) is 70.7 cm³/mol. The molecular weight excluding hydrogens is 252 g/mol. The number of aryl methyl sites for hydroxylation is 1. The lowest BCUT2D eigenvalue weighted by molar-refractivity contribution is 0.253. The number of hydrogen-bond acceptors (Lipinski definition) is 4. The van der Waals surface area contributed by atoms with Crippen LogP contribution in [0.3, 0.4) is 0 Å². The highest BCUT2D eigenvalue weighted by Gasteiger charge is 2.20. The highest BCUT2D eigenvalue weighted by molar-refractivity contribution is 7.89. The molecule has 0 saturated carbocycles. The molecule has 0 fully saturated rings. The van der Waals surface area contributed by atoms with Crippen LogP contribution >= 0.6 is 0 Å². The van der Waals surface area contributed by atoms with Crippen LogP contribution in [0, 0.1) is 0 Å². The van der Waals surface area contributed by atoms with Crippen molar-refractivity contribution in [1.82, 2.24) is 9.29 Å². The topological polar surface area (TPSA) is 70.5 Å². The number of nitrogens with zero attached hydrogens (tertiary/aromatic N) is 2. The Morgan fingerprint density at radius 2 is 1.94 bits per heavy atom. The van der Waals surface area contributed by atoms with E-state index in [1.165, 1.54) is 4.31 Å². The summed E-state index contributed by atoms with van der Waals surface area (Å²) in [5.41, 5.74) is 0.953. The fraction of sp³-hybridized carbons (Fsp3) is 0.583. The molecule has 0 radical (unpaired) electrons. The Bertz CT molecular complexity index is 428. The van der Waals surface area contributed by atoms with Gasteiger partial charge >= 0.3 is 0 Å². The summed E-state index contributed by atoms with van der Waals surface area (Å²) in [5.74, 6) is 0.0665. The van der Waals surface area contributed by atoms with Crippen LogP contribution in [0.25, 0.3) is 0 Å². The van der Waals surface area contributed by atoms with Gasteiger partial charge in [0.2, 0.25) is 10.0 Å². The van der Waals surface area contributed by atoms with E-state index in [-0.39, 0.29) is 18.9 Å². The number of sulfonamides is 1. The van der Waals surface area contributed by atoms with Crippen LogP contribution < -0.4 is 0 Å². The van der Waals surface area contributed by atoms with Gasteiger partial charge in [0.15, 0.2) is 0 Å². The van der Waals surface area contributed by atoms with E-state index < -0.39 is 10.0 Å². The summed E-state index contributed by atoms with van der Waals surface area (Å²) in [5, 5.41) is 8.90. The molecule has 0 unspecified atom stereocenters. The third-order valence-electron chi connectivity index (χ3n) is 2.61. The van der Waals surface area contributed by atoms with E-state index in [4.69, 9.17) is 5.11 Å². The Labute approximate surface area is 109 Å². The highest BCUT2D eigenvalue weighted by Crippen LogP contribution is 2.06. The summed E-state index contributed by atoms with van der Waals surface area (Å²) < 4.78 is 25.5. The first-order chi connectivity index (χ1) is 8.60. The van der Waals surface area contributed by atoms with Crippen molar-refractivity contribution < 1.29 is 13.5 Å². The van der Waals surface area contributed by atoms with Gasteiger partial charge in [0.1, 0.15) is 0 Å². The molecule has 0 amide bonds. The molecule has 1 heterocycles. The van der Waals surface area contributed by atoms with Crippen LogP contribution in [0.4, 0.5) is 0 Å². The van der Waals surface area contributed by atoms with Crippen molar-refractivity contribution >= 4 is 10.0 Å². The molecule has 0 bridgehead atoms. The minimum Gasteiger partial charge on any atom is -0.395 e. The maximum Gasteiger partial charge on any atom is 0.214 e. The number of aliphatic hydroxyl groups excluding tert-OH is 1. The summed E-state index contributed by atoms with van der Waals surface area (Å²) in [4.78, 5) is 3.89. The Morgan fingerprint density at radius 1 is 1.28 bits per heavy atom. The first-order valence-corrected chi connectivity index (χ1v) is 7.68. The Kier molecular flexibility index (Phi) is 6.24. The standard InChI is InChI=1S/C12H20N2O3S/c1-2-8-14(9-10-15)18(16,17)11-5-12-3-6-13-7-4-12/h3-4,6-7,15H,2,5,8-11H2,1H3. The molecular formula is C12H20N2O3S. The number of aliphatic hydroxyl groups is 1. The smallest absolute Gasteiger partial charge is 0.214 e. The third-order valence-corrected chi connectivity index (χ3v) is 4.49. The molecule has 0 atom stereocenters. The third kappa shape index (κ3) is 4.72. The molecule has 1 aromatic heterocycles. The molecule has 0 saturated heterocycles. The van der Waals surface area contributed by atoms with Gasteiger partial charge < -0.3 is 5.11 Å². The minimum absolute atomic E-state index is 0.0665. The molecule has 1 aromatic rings. The first-order valence-electron chi connectivity index (χ1n) is 6.07. The quantitative estimate of drug-likeness (QED) is 0.754. The van der Waals surface area contributed by atoms with Gasteiger partial charge in [0.05, 0.1) is 12.4 Å². The lowest BCUT2D eigenvalue weighted by Gasteiger charge is -2.20. The second kappa shape index (κ2) is 7.45. The van der Waals surface area contributed by atoms with E-state index in [1.807, 2.05) is 19.1 Å². The van der Waals surface area contributed by atoms with Gasteiger partial charge in [-0.1, -0.05) is 6.92 Å².